The first-order valence-corrected chi connectivity index (χ1v) is 7.16. The minimum atomic E-state index is -0.708. The quantitative estimate of drug-likeness (QED) is 0.297. The van der Waals surface area contributed by atoms with Gasteiger partial charge in [-0.2, -0.15) is 0 Å². The number of thiocarbonyl (C=S) groups is 1. The van der Waals surface area contributed by atoms with Gasteiger partial charge in [-0.1, -0.05) is 29.3 Å². The molecule has 0 atom stereocenters. The molecule has 4 nitrogen and oxygen atoms in total. The van der Waals surface area contributed by atoms with Crippen LogP contribution in [0.1, 0.15) is 5.56 Å². The number of rotatable bonds is 3. The van der Waals surface area contributed by atoms with Crippen LogP contribution >= 0.6 is 35.4 Å². The van der Waals surface area contributed by atoms with Crippen LogP contribution in [0.3, 0.4) is 0 Å². The van der Waals surface area contributed by atoms with E-state index < -0.39 is 17.6 Å². The lowest BCUT2D eigenvalue weighted by atomic mass is 10.1. The lowest BCUT2D eigenvalue weighted by Gasteiger charge is -2.27. The van der Waals surface area contributed by atoms with E-state index in [0.29, 0.717) is 0 Å². The van der Waals surface area contributed by atoms with Gasteiger partial charge >= 0.3 is 0 Å². The van der Waals surface area contributed by atoms with E-state index in [4.69, 9.17) is 35.4 Å². The second-order valence-electron chi connectivity index (χ2n) is 4.31. The van der Waals surface area contributed by atoms with E-state index in [0.717, 1.165) is 11.0 Å². The van der Waals surface area contributed by atoms with Gasteiger partial charge < -0.3 is 0 Å². The molecule has 1 aromatic rings. The zero-order valence-corrected chi connectivity index (χ0v) is 13.4. The fourth-order valence-electron chi connectivity index (χ4n) is 1.79. The molecule has 22 heavy (non-hydrogen) atoms. The second-order valence-corrected chi connectivity index (χ2v) is 5.51. The molecule has 114 valence electrons. The number of hydrogen-bond acceptors (Lipinski definition) is 3. The Hall–Kier alpha value is -1.76. The minimum absolute atomic E-state index is 0.0135. The number of halogens is 3. The zero-order valence-electron chi connectivity index (χ0n) is 11.0. The Morgan fingerprint density at radius 1 is 1.32 bits per heavy atom. The van der Waals surface area contributed by atoms with Crippen molar-refractivity contribution in [1.82, 2.24) is 10.2 Å². The van der Waals surface area contributed by atoms with Crippen molar-refractivity contribution in [3.8, 4) is 0 Å². The first-order chi connectivity index (χ1) is 10.3. The van der Waals surface area contributed by atoms with E-state index in [2.05, 4.69) is 11.9 Å². The number of nitrogens with one attached hydrogen (secondary N) is 1. The summed E-state index contributed by atoms with van der Waals surface area (Å²) >= 11 is 16.5. The monoisotopic (exact) mass is 358 g/mol. The molecule has 1 aromatic carbocycles. The topological polar surface area (TPSA) is 49.4 Å². The summed E-state index contributed by atoms with van der Waals surface area (Å²) in [5.41, 5.74) is -0.0486. The average molecular weight is 359 g/mol. The summed E-state index contributed by atoms with van der Waals surface area (Å²) in [6, 6.07) is 2.24. The summed E-state index contributed by atoms with van der Waals surface area (Å²) in [7, 11) is 0. The second kappa shape index (κ2) is 6.56. The van der Waals surface area contributed by atoms with Crippen LogP contribution in [-0.2, 0) is 9.59 Å². The molecule has 0 aromatic heterocycles. The van der Waals surface area contributed by atoms with Crippen molar-refractivity contribution in [2.75, 3.05) is 6.54 Å². The van der Waals surface area contributed by atoms with Gasteiger partial charge in [-0.25, -0.2) is 4.39 Å². The van der Waals surface area contributed by atoms with Gasteiger partial charge in [0, 0.05) is 11.6 Å². The standard InChI is InChI=1S/C14H9Cl2FN2O2S/c1-2-3-19-13(21)8(12(20)18-14(19)22)4-7-5-11(17)10(16)6-9(7)15/h2,4-6H,1,3H2,(H,18,20,22)/b8-4+. The van der Waals surface area contributed by atoms with Crippen molar-refractivity contribution in [2.45, 2.75) is 0 Å². The summed E-state index contributed by atoms with van der Waals surface area (Å²) < 4.78 is 13.5. The molecule has 1 aliphatic rings. The van der Waals surface area contributed by atoms with E-state index in [1.54, 1.807) is 0 Å². The molecule has 1 fully saturated rings. The zero-order chi connectivity index (χ0) is 16.4. The maximum atomic E-state index is 13.5. The molecule has 1 N–H and O–H groups in total. The third-order valence-electron chi connectivity index (χ3n) is 2.84. The average Bonchev–Trinajstić information content (AvgIpc) is 2.44. The van der Waals surface area contributed by atoms with Crippen LogP contribution in [0.4, 0.5) is 4.39 Å². The van der Waals surface area contributed by atoms with Gasteiger partial charge in [0.05, 0.1) is 5.02 Å². The first-order valence-electron chi connectivity index (χ1n) is 5.99. The third-order valence-corrected chi connectivity index (χ3v) is 3.78. The Labute approximate surface area is 141 Å². The summed E-state index contributed by atoms with van der Waals surface area (Å²) in [5, 5.41) is 2.33. The lowest BCUT2D eigenvalue weighted by molar-refractivity contribution is -0.128. The molecule has 0 radical (unpaired) electrons. The maximum absolute atomic E-state index is 13.5. The molecule has 8 heteroatoms. The van der Waals surface area contributed by atoms with Gasteiger partial charge in [0.1, 0.15) is 11.4 Å². The smallest absolute Gasteiger partial charge is 0.265 e. The van der Waals surface area contributed by atoms with Crippen molar-refractivity contribution in [3.05, 3.63) is 51.8 Å². The van der Waals surface area contributed by atoms with Crippen LogP contribution in [0, 0.1) is 5.82 Å². The fourth-order valence-corrected chi connectivity index (χ4v) is 2.48. The molecule has 1 heterocycles. The summed E-state index contributed by atoms with van der Waals surface area (Å²) in [6.07, 6.45) is 2.66. The van der Waals surface area contributed by atoms with Crippen molar-refractivity contribution in [3.63, 3.8) is 0 Å². The largest absolute Gasteiger partial charge is 0.298 e. The van der Waals surface area contributed by atoms with Crippen LogP contribution in [0.5, 0.6) is 0 Å². The van der Waals surface area contributed by atoms with E-state index in [-0.39, 0.29) is 32.8 Å². The SMILES string of the molecule is C=CCN1C(=O)/C(=C/c2cc(F)c(Cl)cc2Cl)C(=O)NC1=S. The Kier molecular flexibility index (Phi) is 4.95. The molecular formula is C14H9Cl2FN2O2S. The van der Waals surface area contributed by atoms with Gasteiger partial charge in [0.2, 0.25) is 0 Å². The first kappa shape index (κ1) is 16.6. The molecule has 0 aliphatic carbocycles. The van der Waals surface area contributed by atoms with Crippen LogP contribution < -0.4 is 5.32 Å². The highest BCUT2D eigenvalue weighted by Crippen LogP contribution is 2.27. The number of amides is 2. The number of hydrogen-bond donors (Lipinski definition) is 1. The van der Waals surface area contributed by atoms with Crippen LogP contribution in [-0.4, -0.2) is 28.4 Å². The van der Waals surface area contributed by atoms with E-state index in [1.807, 2.05) is 0 Å². The normalized spacial score (nSPS) is 17.0. The van der Waals surface area contributed by atoms with Crippen LogP contribution in [0.2, 0.25) is 10.0 Å². The van der Waals surface area contributed by atoms with Crippen molar-refractivity contribution in [2.24, 2.45) is 0 Å². The Morgan fingerprint density at radius 2 is 2.00 bits per heavy atom. The highest BCUT2D eigenvalue weighted by molar-refractivity contribution is 7.80. The predicted octanol–water partition coefficient (Wildman–Crippen LogP) is 2.95. The number of nitrogens with zero attached hydrogens (tertiary/aromatic N) is 1. The lowest BCUT2D eigenvalue weighted by Crippen LogP contribution is -2.53. The highest BCUT2D eigenvalue weighted by atomic mass is 35.5. The Bertz CT molecular complexity index is 734. The fraction of sp³-hybridized carbons (Fsp3) is 0.0714. The van der Waals surface area contributed by atoms with Gasteiger partial charge in [0.15, 0.2) is 5.11 Å². The van der Waals surface area contributed by atoms with Gasteiger partial charge in [-0.3, -0.25) is 19.8 Å². The number of carbonyl (C=O) groups excluding carboxylic acids is 2. The molecular weight excluding hydrogens is 350 g/mol. The molecule has 0 bridgehead atoms. The Balaban J connectivity index is 2.47. The summed E-state index contributed by atoms with van der Waals surface area (Å²) in [6.45, 7) is 3.65. The van der Waals surface area contributed by atoms with Crippen LogP contribution in [0.15, 0.2) is 30.4 Å². The third kappa shape index (κ3) is 3.19. The maximum Gasteiger partial charge on any atom is 0.265 e. The van der Waals surface area contributed by atoms with Crippen molar-refractivity contribution < 1.29 is 14.0 Å². The predicted molar refractivity (Wildman–Crippen MR) is 87.0 cm³/mol. The minimum Gasteiger partial charge on any atom is -0.298 e. The van der Waals surface area contributed by atoms with E-state index >= 15 is 0 Å². The van der Waals surface area contributed by atoms with E-state index in [1.165, 1.54) is 18.2 Å². The molecule has 0 saturated carbocycles. The molecule has 2 amide bonds. The van der Waals surface area contributed by atoms with E-state index in [9.17, 15) is 14.0 Å². The summed E-state index contributed by atoms with van der Waals surface area (Å²) in [5.74, 6) is -2.00. The molecule has 0 unspecified atom stereocenters. The number of carbonyl (C=O) groups is 2. The van der Waals surface area contributed by atoms with Gasteiger partial charge in [0.25, 0.3) is 11.8 Å². The highest BCUT2D eigenvalue weighted by Gasteiger charge is 2.32. The molecule has 0 spiro atoms. The molecule has 2 rings (SSSR count). The van der Waals surface area contributed by atoms with Gasteiger partial charge in [-0.15, -0.1) is 6.58 Å². The van der Waals surface area contributed by atoms with Crippen LogP contribution in [0.25, 0.3) is 6.08 Å². The molecule has 1 aliphatic heterocycles. The number of benzene rings is 1. The summed E-state index contributed by atoms with van der Waals surface area (Å²) in [4.78, 5) is 25.4. The van der Waals surface area contributed by atoms with Gasteiger partial charge in [-0.05, 0) is 36.0 Å². The van der Waals surface area contributed by atoms with Crippen molar-refractivity contribution >= 4 is 58.4 Å². The molecule has 1 saturated heterocycles. The Morgan fingerprint density at radius 3 is 2.64 bits per heavy atom. The van der Waals surface area contributed by atoms with Crippen molar-refractivity contribution in [1.29, 1.82) is 0 Å².